The summed E-state index contributed by atoms with van der Waals surface area (Å²) in [7, 11) is 0. The molecule has 3 N–H and O–H groups in total. The molecule has 0 saturated heterocycles. The number of aliphatic hydroxyl groups excluding tert-OH is 1. The maximum absolute atomic E-state index is 12.7. The van der Waals surface area contributed by atoms with Crippen LogP contribution in [0, 0.1) is 13.8 Å². The highest BCUT2D eigenvalue weighted by atomic mass is 19.4. The van der Waals surface area contributed by atoms with E-state index in [1.54, 1.807) is 6.07 Å². The summed E-state index contributed by atoms with van der Waals surface area (Å²) in [6.07, 6.45) is -4.81. The van der Waals surface area contributed by atoms with E-state index in [0.717, 1.165) is 28.6 Å². The number of amides is 2. The minimum atomic E-state index is -4.81. The molecule has 0 bridgehead atoms. The van der Waals surface area contributed by atoms with Gasteiger partial charge in [-0.15, -0.1) is 13.2 Å². The third-order valence-corrected chi connectivity index (χ3v) is 4.73. The summed E-state index contributed by atoms with van der Waals surface area (Å²) in [5.41, 5.74) is 2.87. The fraction of sp³-hybridized carbons (Fsp3) is 0.273. The van der Waals surface area contributed by atoms with Crippen molar-refractivity contribution >= 4 is 22.6 Å². The Bertz CT molecular complexity index is 1170. The fourth-order valence-corrected chi connectivity index (χ4v) is 3.37. The SMILES string of the molecule is Cc1cc(C)c2[nH]c(=O)c(CN(CCO)C(=O)Nc3ccc(OC(F)(F)F)cc3)cc2c1. The molecule has 3 aromatic rings. The number of anilines is 1. The number of hydrogen-bond acceptors (Lipinski definition) is 4. The summed E-state index contributed by atoms with van der Waals surface area (Å²) in [5.74, 6) is -0.420. The van der Waals surface area contributed by atoms with Crippen LogP contribution in [0.3, 0.4) is 0 Å². The molecule has 0 aliphatic heterocycles. The van der Waals surface area contributed by atoms with Gasteiger partial charge in [0.25, 0.3) is 5.56 Å². The smallest absolute Gasteiger partial charge is 0.406 e. The zero-order valence-corrected chi connectivity index (χ0v) is 17.4. The van der Waals surface area contributed by atoms with Gasteiger partial charge >= 0.3 is 12.4 Å². The van der Waals surface area contributed by atoms with E-state index in [-0.39, 0.29) is 30.9 Å². The number of rotatable bonds is 6. The quantitative estimate of drug-likeness (QED) is 0.529. The summed E-state index contributed by atoms with van der Waals surface area (Å²) in [6, 6.07) is 9.60. The number of benzene rings is 2. The summed E-state index contributed by atoms with van der Waals surface area (Å²) in [6.45, 7) is 3.37. The highest BCUT2D eigenvalue weighted by Gasteiger charge is 2.31. The number of aromatic nitrogens is 1. The molecule has 0 fully saturated rings. The van der Waals surface area contributed by atoms with E-state index >= 15 is 0 Å². The Kier molecular flexibility index (Phi) is 6.73. The molecule has 2 amide bonds. The molecule has 1 aromatic heterocycles. The molecular weight excluding hydrogens is 427 g/mol. The normalized spacial score (nSPS) is 11.4. The van der Waals surface area contributed by atoms with Crippen molar-refractivity contribution in [3.8, 4) is 5.75 Å². The van der Waals surface area contributed by atoms with Crippen molar-refractivity contribution in [1.29, 1.82) is 0 Å². The fourth-order valence-electron chi connectivity index (χ4n) is 3.37. The van der Waals surface area contributed by atoms with Gasteiger partial charge in [0, 0.05) is 17.8 Å². The van der Waals surface area contributed by atoms with Gasteiger partial charge in [-0.25, -0.2) is 4.79 Å². The number of nitrogens with zero attached hydrogens (tertiary/aromatic N) is 1. The van der Waals surface area contributed by atoms with Crippen molar-refractivity contribution < 1.29 is 27.8 Å². The van der Waals surface area contributed by atoms with E-state index in [0.29, 0.717) is 11.1 Å². The molecule has 0 unspecified atom stereocenters. The Labute approximate surface area is 181 Å². The lowest BCUT2D eigenvalue weighted by Crippen LogP contribution is -2.38. The maximum atomic E-state index is 12.7. The van der Waals surface area contributed by atoms with Gasteiger partial charge in [0.1, 0.15) is 5.75 Å². The Morgan fingerprint density at radius 1 is 1.16 bits per heavy atom. The number of aryl methyl sites for hydroxylation is 2. The van der Waals surface area contributed by atoms with Crippen molar-refractivity contribution in [2.75, 3.05) is 18.5 Å². The van der Waals surface area contributed by atoms with Crippen LogP contribution in [0.25, 0.3) is 10.9 Å². The van der Waals surface area contributed by atoms with E-state index in [9.17, 15) is 27.9 Å². The third-order valence-electron chi connectivity index (χ3n) is 4.73. The van der Waals surface area contributed by atoms with Crippen molar-refractivity contribution in [1.82, 2.24) is 9.88 Å². The standard InChI is InChI=1S/C22H22F3N3O4/c1-13-9-14(2)19-15(10-13)11-16(20(30)27-19)12-28(7-8-29)21(31)26-17-3-5-18(6-4-17)32-22(23,24)25/h3-6,9-11,29H,7-8,12H2,1-2H3,(H,26,31)(H,27,30). The first-order valence-electron chi connectivity index (χ1n) is 9.71. The average molecular weight is 449 g/mol. The lowest BCUT2D eigenvalue weighted by Gasteiger charge is -2.22. The highest BCUT2D eigenvalue weighted by Crippen LogP contribution is 2.24. The summed E-state index contributed by atoms with van der Waals surface area (Å²) >= 11 is 0. The van der Waals surface area contributed by atoms with Crippen molar-refractivity contribution in [3.63, 3.8) is 0 Å². The molecule has 0 aliphatic carbocycles. The summed E-state index contributed by atoms with van der Waals surface area (Å²) in [5, 5.41) is 12.7. The van der Waals surface area contributed by atoms with E-state index < -0.39 is 18.1 Å². The number of carbonyl (C=O) groups excluding carboxylic acids is 1. The number of hydrogen-bond donors (Lipinski definition) is 3. The molecule has 0 spiro atoms. The van der Waals surface area contributed by atoms with E-state index in [1.165, 1.54) is 17.0 Å². The van der Waals surface area contributed by atoms with Gasteiger partial charge in [0.2, 0.25) is 0 Å². The van der Waals surface area contributed by atoms with Gasteiger partial charge in [-0.1, -0.05) is 11.6 Å². The van der Waals surface area contributed by atoms with Crippen LogP contribution in [0.4, 0.5) is 23.7 Å². The summed E-state index contributed by atoms with van der Waals surface area (Å²) in [4.78, 5) is 29.3. The second-order valence-electron chi connectivity index (χ2n) is 7.32. The van der Waals surface area contributed by atoms with Gasteiger partial charge in [-0.05, 0) is 61.2 Å². The largest absolute Gasteiger partial charge is 0.573 e. The first-order chi connectivity index (χ1) is 15.1. The van der Waals surface area contributed by atoms with Crippen LogP contribution in [0.2, 0.25) is 0 Å². The Morgan fingerprint density at radius 3 is 2.47 bits per heavy atom. The third kappa shape index (κ3) is 5.79. The first-order valence-corrected chi connectivity index (χ1v) is 9.71. The number of fused-ring (bicyclic) bond motifs is 1. The highest BCUT2D eigenvalue weighted by molar-refractivity contribution is 5.89. The number of pyridine rings is 1. The van der Waals surface area contributed by atoms with Crippen LogP contribution in [-0.4, -0.2) is 40.5 Å². The molecule has 3 rings (SSSR count). The zero-order chi connectivity index (χ0) is 23.5. The van der Waals surface area contributed by atoms with Crippen LogP contribution in [-0.2, 0) is 6.54 Å². The van der Waals surface area contributed by atoms with Gasteiger partial charge in [0.15, 0.2) is 0 Å². The molecule has 1 heterocycles. The monoisotopic (exact) mass is 449 g/mol. The van der Waals surface area contributed by atoms with Crippen molar-refractivity contribution in [2.24, 2.45) is 0 Å². The van der Waals surface area contributed by atoms with Crippen LogP contribution in [0.15, 0.2) is 47.3 Å². The van der Waals surface area contributed by atoms with Crippen molar-refractivity contribution in [2.45, 2.75) is 26.8 Å². The van der Waals surface area contributed by atoms with Crippen molar-refractivity contribution in [3.05, 3.63) is 69.5 Å². The molecule has 170 valence electrons. The lowest BCUT2D eigenvalue weighted by atomic mass is 10.1. The molecule has 0 aliphatic rings. The van der Waals surface area contributed by atoms with Crippen LogP contribution in [0.5, 0.6) is 5.75 Å². The topological polar surface area (TPSA) is 94.7 Å². The van der Waals surface area contributed by atoms with E-state index in [1.807, 2.05) is 26.0 Å². The number of aliphatic hydroxyl groups is 1. The Hall–Kier alpha value is -3.53. The number of halogens is 3. The average Bonchev–Trinajstić information content (AvgIpc) is 2.69. The Morgan fingerprint density at radius 2 is 1.84 bits per heavy atom. The Balaban J connectivity index is 1.78. The van der Waals surface area contributed by atoms with Gasteiger partial charge in [0.05, 0.1) is 18.7 Å². The second kappa shape index (κ2) is 9.31. The van der Waals surface area contributed by atoms with E-state index in [2.05, 4.69) is 15.0 Å². The van der Waals surface area contributed by atoms with Crippen LogP contribution >= 0.6 is 0 Å². The van der Waals surface area contributed by atoms with Gasteiger partial charge < -0.3 is 25.0 Å². The lowest BCUT2D eigenvalue weighted by molar-refractivity contribution is -0.274. The molecule has 0 atom stereocenters. The number of ether oxygens (including phenoxy) is 1. The molecule has 0 saturated carbocycles. The number of urea groups is 1. The molecule has 7 nitrogen and oxygen atoms in total. The van der Waals surface area contributed by atoms with E-state index in [4.69, 9.17) is 0 Å². The first kappa shape index (κ1) is 23.1. The number of H-pyrrole nitrogens is 1. The van der Waals surface area contributed by atoms with Crippen LogP contribution in [0.1, 0.15) is 16.7 Å². The predicted octanol–water partition coefficient (Wildman–Crippen LogP) is 4.07. The predicted molar refractivity (Wildman–Crippen MR) is 114 cm³/mol. The number of nitrogens with one attached hydrogen (secondary N) is 2. The van der Waals surface area contributed by atoms with Gasteiger partial charge in [-0.3, -0.25) is 4.79 Å². The zero-order valence-electron chi connectivity index (χ0n) is 17.4. The molecule has 32 heavy (non-hydrogen) atoms. The summed E-state index contributed by atoms with van der Waals surface area (Å²) < 4.78 is 40.6. The molecule has 10 heteroatoms. The van der Waals surface area contributed by atoms with Gasteiger partial charge in [-0.2, -0.15) is 0 Å². The number of carbonyl (C=O) groups is 1. The second-order valence-corrected chi connectivity index (χ2v) is 7.32. The minimum Gasteiger partial charge on any atom is -0.406 e. The minimum absolute atomic E-state index is 0.0502. The van der Waals surface area contributed by atoms with Crippen LogP contribution < -0.4 is 15.6 Å². The number of alkyl halides is 3. The maximum Gasteiger partial charge on any atom is 0.573 e. The molecule has 2 aromatic carbocycles. The molecule has 0 radical (unpaired) electrons. The number of aromatic amines is 1. The molecular formula is C22H22F3N3O4.